The van der Waals surface area contributed by atoms with Gasteiger partial charge in [0.1, 0.15) is 19.8 Å². The number of ether oxygens (including phenoxy) is 2. The minimum Gasteiger partial charge on any atom is -0.462 e. The summed E-state index contributed by atoms with van der Waals surface area (Å²) in [6.07, 6.45) is 40.9. The van der Waals surface area contributed by atoms with Crippen molar-refractivity contribution in [2.45, 2.75) is 135 Å². The van der Waals surface area contributed by atoms with Crippen molar-refractivity contribution in [1.29, 1.82) is 0 Å². The summed E-state index contributed by atoms with van der Waals surface area (Å²) in [5, 5.41) is 10.1. The van der Waals surface area contributed by atoms with Crippen molar-refractivity contribution in [2.24, 2.45) is 0 Å². The quantitative estimate of drug-likeness (QED) is 0.0161. The summed E-state index contributed by atoms with van der Waals surface area (Å²) in [5.41, 5.74) is 0. The van der Waals surface area contributed by atoms with E-state index >= 15 is 0 Å². The van der Waals surface area contributed by atoms with Crippen LogP contribution in [0.5, 0.6) is 0 Å². The van der Waals surface area contributed by atoms with Crippen molar-refractivity contribution >= 4 is 19.8 Å². The zero-order valence-electron chi connectivity index (χ0n) is 34.7. The van der Waals surface area contributed by atoms with Gasteiger partial charge in [-0.2, -0.15) is 0 Å². The van der Waals surface area contributed by atoms with Crippen LogP contribution in [0.3, 0.4) is 0 Å². The van der Waals surface area contributed by atoms with Gasteiger partial charge in [-0.3, -0.25) is 18.6 Å². The molecule has 10 nitrogen and oxygen atoms in total. The molecule has 0 heterocycles. The number of nitrogens with zero attached hydrogens (tertiary/aromatic N) is 1. The maximum atomic E-state index is 12.7. The van der Waals surface area contributed by atoms with E-state index in [9.17, 15) is 24.2 Å². The lowest BCUT2D eigenvalue weighted by molar-refractivity contribution is -0.870. The van der Waals surface area contributed by atoms with Crippen molar-refractivity contribution < 1.29 is 47.2 Å². The average molecular weight is 793 g/mol. The second-order valence-corrected chi connectivity index (χ2v) is 15.9. The highest BCUT2D eigenvalue weighted by Crippen LogP contribution is 2.43. The summed E-state index contributed by atoms with van der Waals surface area (Å²) in [5.74, 6) is -0.936. The highest BCUT2D eigenvalue weighted by Gasteiger charge is 2.27. The van der Waals surface area contributed by atoms with E-state index in [0.29, 0.717) is 30.3 Å². The fourth-order valence-corrected chi connectivity index (χ4v) is 5.57. The Labute approximate surface area is 333 Å². The van der Waals surface area contributed by atoms with Crippen molar-refractivity contribution in [1.82, 2.24) is 0 Å². The second kappa shape index (κ2) is 35.6. The third kappa shape index (κ3) is 39.2. The summed E-state index contributed by atoms with van der Waals surface area (Å²) >= 11 is 0. The highest BCUT2D eigenvalue weighted by atomic mass is 31.2. The number of likely N-dealkylation sites (N-methyl/N-ethyl adjacent to an activating group) is 1. The molecule has 55 heavy (non-hydrogen) atoms. The van der Waals surface area contributed by atoms with Crippen LogP contribution in [0.2, 0.25) is 0 Å². The van der Waals surface area contributed by atoms with Crippen molar-refractivity contribution in [3.8, 4) is 0 Å². The Morgan fingerprint density at radius 3 is 1.84 bits per heavy atom. The van der Waals surface area contributed by atoms with Gasteiger partial charge >= 0.3 is 19.8 Å². The molecule has 0 amide bonds. The SMILES string of the molecule is CC/C=C\C/C=C\C/C=C\C/C=C\CCCCC(=O)OC[C@H](COP(=O)(O)OCC[N+](C)(C)C)OC(=O)CCCCCCCC(O)/C=C/C=C/C/C=C/CC. The van der Waals surface area contributed by atoms with Gasteiger partial charge < -0.3 is 24.0 Å². The number of esters is 2. The van der Waals surface area contributed by atoms with E-state index < -0.39 is 38.6 Å². The van der Waals surface area contributed by atoms with E-state index in [1.807, 2.05) is 39.4 Å². The molecule has 0 spiro atoms. The van der Waals surface area contributed by atoms with Gasteiger partial charge in [0.25, 0.3) is 0 Å². The number of allylic oxidation sites excluding steroid dienone is 13. The first-order chi connectivity index (χ1) is 26.4. The zero-order chi connectivity index (χ0) is 40.9. The molecule has 0 aliphatic carbocycles. The number of carbonyl (C=O) groups is 2. The number of quaternary nitrogens is 1. The van der Waals surface area contributed by atoms with E-state index in [4.69, 9.17) is 18.5 Å². The molecule has 11 heteroatoms. The number of hydrogen-bond donors (Lipinski definition) is 2. The summed E-state index contributed by atoms with van der Waals surface area (Å²) in [6, 6.07) is 0. The topological polar surface area (TPSA) is 129 Å². The first-order valence-electron chi connectivity index (χ1n) is 20.4. The van der Waals surface area contributed by atoms with Gasteiger partial charge in [-0.15, -0.1) is 0 Å². The Kier molecular flexibility index (Phi) is 33.7. The molecule has 0 bridgehead atoms. The lowest BCUT2D eigenvalue weighted by Crippen LogP contribution is -2.37. The lowest BCUT2D eigenvalue weighted by Gasteiger charge is -2.24. The summed E-state index contributed by atoms with van der Waals surface area (Å²) < 4.78 is 34.1. The Balaban J connectivity index is 4.59. The molecule has 0 aromatic carbocycles. The number of rotatable bonds is 35. The van der Waals surface area contributed by atoms with Crippen LogP contribution in [0.15, 0.2) is 85.1 Å². The van der Waals surface area contributed by atoms with Gasteiger partial charge in [-0.1, -0.05) is 125 Å². The van der Waals surface area contributed by atoms with E-state index in [1.165, 1.54) is 0 Å². The van der Waals surface area contributed by atoms with Gasteiger partial charge in [0.15, 0.2) is 6.10 Å². The Morgan fingerprint density at radius 1 is 0.655 bits per heavy atom. The summed E-state index contributed by atoms with van der Waals surface area (Å²) in [6.45, 7) is 3.97. The molecule has 2 N–H and O–H groups in total. The van der Waals surface area contributed by atoms with Crippen LogP contribution in [0, 0.1) is 0 Å². The van der Waals surface area contributed by atoms with Crippen molar-refractivity contribution in [2.75, 3.05) is 47.5 Å². The lowest BCUT2D eigenvalue weighted by atomic mass is 10.1. The molecule has 0 rings (SSSR count). The Morgan fingerprint density at radius 2 is 1.20 bits per heavy atom. The van der Waals surface area contributed by atoms with Gasteiger partial charge in [-0.25, -0.2) is 4.57 Å². The smallest absolute Gasteiger partial charge is 0.462 e. The monoisotopic (exact) mass is 793 g/mol. The number of hydrogen-bond acceptors (Lipinski definition) is 8. The molecule has 314 valence electrons. The van der Waals surface area contributed by atoms with E-state index in [2.05, 4.69) is 74.6 Å². The Bertz CT molecular complexity index is 1230. The van der Waals surface area contributed by atoms with E-state index in [0.717, 1.165) is 77.0 Å². The van der Waals surface area contributed by atoms with Gasteiger partial charge in [-0.05, 0) is 70.6 Å². The molecule has 0 fully saturated rings. The molecule has 3 atom stereocenters. The first kappa shape index (κ1) is 52.2. The molecule has 2 unspecified atom stereocenters. The predicted molar refractivity (Wildman–Crippen MR) is 225 cm³/mol. The fourth-order valence-electron chi connectivity index (χ4n) is 4.83. The molecule has 0 aromatic heterocycles. The van der Waals surface area contributed by atoms with Gasteiger partial charge in [0.2, 0.25) is 0 Å². The molecule has 0 aromatic rings. The molecule has 0 saturated carbocycles. The number of phosphoric acid groups is 1. The highest BCUT2D eigenvalue weighted by molar-refractivity contribution is 7.47. The van der Waals surface area contributed by atoms with Crippen LogP contribution in [0.25, 0.3) is 0 Å². The van der Waals surface area contributed by atoms with Crippen LogP contribution in [-0.4, -0.2) is 86.1 Å². The van der Waals surface area contributed by atoms with Gasteiger partial charge in [0, 0.05) is 12.8 Å². The van der Waals surface area contributed by atoms with Crippen LogP contribution >= 0.6 is 7.82 Å². The number of aliphatic hydroxyl groups is 1. The van der Waals surface area contributed by atoms with Crippen LogP contribution < -0.4 is 0 Å². The minimum atomic E-state index is -4.41. The molecule has 0 saturated heterocycles. The third-order valence-corrected chi connectivity index (χ3v) is 9.01. The average Bonchev–Trinajstić information content (AvgIpc) is 3.12. The second-order valence-electron chi connectivity index (χ2n) is 14.5. The first-order valence-corrected chi connectivity index (χ1v) is 21.9. The third-order valence-electron chi connectivity index (χ3n) is 8.02. The van der Waals surface area contributed by atoms with Crippen molar-refractivity contribution in [3.63, 3.8) is 0 Å². The van der Waals surface area contributed by atoms with E-state index in [1.54, 1.807) is 6.08 Å². The number of phosphoric ester groups is 1. The molecule has 0 radical (unpaired) electrons. The molecule has 0 aliphatic rings. The van der Waals surface area contributed by atoms with Gasteiger partial charge in [0.05, 0.1) is 33.9 Å². The van der Waals surface area contributed by atoms with Crippen molar-refractivity contribution in [3.05, 3.63) is 85.1 Å². The minimum absolute atomic E-state index is 0.00182. The predicted octanol–water partition coefficient (Wildman–Crippen LogP) is 10.2. The number of unbranched alkanes of at least 4 members (excludes halogenated alkanes) is 6. The maximum Gasteiger partial charge on any atom is 0.472 e. The summed E-state index contributed by atoms with van der Waals surface area (Å²) in [4.78, 5) is 35.3. The molecular weight excluding hydrogens is 717 g/mol. The van der Waals surface area contributed by atoms with Crippen LogP contribution in [0.1, 0.15) is 123 Å². The zero-order valence-corrected chi connectivity index (χ0v) is 35.6. The normalized spacial score (nSPS) is 15.1. The van der Waals surface area contributed by atoms with Crippen LogP contribution in [0.4, 0.5) is 0 Å². The largest absolute Gasteiger partial charge is 0.472 e. The maximum absolute atomic E-state index is 12.7. The van der Waals surface area contributed by atoms with Crippen LogP contribution in [-0.2, 0) is 32.7 Å². The molecule has 0 aliphatic heterocycles. The standard InChI is InChI=1S/C44H74NO9P/c1-6-8-10-12-14-15-16-17-18-19-20-21-23-27-31-35-43(47)51-39-42(40-53-55(49,50)52-38-37-45(3,4)5)54-44(48)36-32-28-24-26-30-34-41(46)33-29-25-22-13-11-9-7-2/h8-11,14-15,17-18,20-22,25,29,33,41-42,46H,6-7,12-13,16,19,23-24,26-28,30-32,34-40H2,1-5H3/p+1/b10-8-,11-9+,15-14-,18-17-,21-20-,25-22+,33-29+/t41?,42-/m1/s1. The summed E-state index contributed by atoms with van der Waals surface area (Å²) in [7, 11) is 1.37. The fraction of sp³-hybridized carbons (Fsp3) is 0.636. The molecular formula is C44H75NO9P+. The number of carbonyl (C=O) groups excluding carboxylic acids is 2. The number of aliphatic hydroxyl groups excluding tert-OH is 1. The van der Waals surface area contributed by atoms with E-state index in [-0.39, 0.29) is 26.1 Å². The Hall–Kier alpha value is -2.85.